The molecule has 0 spiro atoms. The Labute approximate surface area is 139 Å². The van der Waals surface area contributed by atoms with Crippen LogP contribution in [0.2, 0.25) is 0 Å². The van der Waals surface area contributed by atoms with Gasteiger partial charge in [0.1, 0.15) is 0 Å². The molecule has 3 aromatic carbocycles. The Balaban J connectivity index is 1.99. The zero-order chi connectivity index (χ0) is 17.2. The maximum Gasteiger partial charge on any atom is 0.337 e. The summed E-state index contributed by atoms with van der Waals surface area (Å²) in [5, 5.41) is 10.9. The van der Waals surface area contributed by atoms with Crippen molar-refractivity contribution in [2.24, 2.45) is 0 Å². The highest BCUT2D eigenvalue weighted by Crippen LogP contribution is 2.25. The van der Waals surface area contributed by atoms with Gasteiger partial charge in [0.15, 0.2) is 0 Å². The number of fused-ring (bicyclic) bond motifs is 1. The summed E-state index contributed by atoms with van der Waals surface area (Å²) in [5.41, 5.74) is 0.616. The maximum atomic E-state index is 12.4. The number of carboxylic acid groups (broad SMARTS) is 1. The number of aromatic carboxylic acids is 1. The van der Waals surface area contributed by atoms with Gasteiger partial charge >= 0.3 is 5.97 Å². The average Bonchev–Trinajstić information content (AvgIpc) is 2.54. The molecule has 0 aliphatic heterocycles. The number of sulfonamides is 1. The second-order valence-corrected chi connectivity index (χ2v) is 7.12. The molecule has 0 fully saturated rings. The molecule has 0 unspecified atom stereocenters. The van der Waals surface area contributed by atoms with Crippen LogP contribution in [0.1, 0.15) is 15.9 Å². The normalized spacial score (nSPS) is 11.3. The van der Waals surface area contributed by atoms with Gasteiger partial charge < -0.3 is 5.11 Å². The van der Waals surface area contributed by atoms with Crippen LogP contribution in [0.3, 0.4) is 0 Å². The first-order valence-electron chi connectivity index (χ1n) is 7.25. The van der Waals surface area contributed by atoms with E-state index in [0.29, 0.717) is 5.56 Å². The van der Waals surface area contributed by atoms with Gasteiger partial charge in [0.25, 0.3) is 0 Å². The highest BCUT2D eigenvalue weighted by Gasteiger charge is 2.18. The third-order valence-electron chi connectivity index (χ3n) is 3.58. The van der Waals surface area contributed by atoms with Crippen LogP contribution >= 0.6 is 0 Å². The van der Waals surface area contributed by atoms with Gasteiger partial charge in [-0.1, -0.05) is 54.6 Å². The van der Waals surface area contributed by atoms with Crippen molar-refractivity contribution in [2.75, 3.05) is 4.72 Å². The van der Waals surface area contributed by atoms with E-state index in [0.717, 1.165) is 10.8 Å². The van der Waals surface area contributed by atoms with E-state index in [4.69, 9.17) is 0 Å². The molecule has 0 aliphatic rings. The molecule has 3 aromatic rings. The van der Waals surface area contributed by atoms with Gasteiger partial charge in [0, 0.05) is 0 Å². The molecule has 3 rings (SSSR count). The van der Waals surface area contributed by atoms with Crippen molar-refractivity contribution in [3.63, 3.8) is 0 Å². The predicted octanol–water partition coefficient (Wildman–Crippen LogP) is 3.48. The lowest BCUT2D eigenvalue weighted by Gasteiger charge is -2.12. The van der Waals surface area contributed by atoms with Crippen LogP contribution in [-0.4, -0.2) is 19.5 Å². The molecule has 24 heavy (non-hydrogen) atoms. The van der Waals surface area contributed by atoms with Crippen molar-refractivity contribution in [3.05, 3.63) is 77.9 Å². The van der Waals surface area contributed by atoms with Crippen LogP contribution in [0, 0.1) is 0 Å². The van der Waals surface area contributed by atoms with Crippen LogP contribution in [0.15, 0.2) is 66.7 Å². The predicted molar refractivity (Wildman–Crippen MR) is 93.6 cm³/mol. The molecule has 0 amide bonds. The van der Waals surface area contributed by atoms with Crippen molar-refractivity contribution >= 4 is 32.5 Å². The summed E-state index contributed by atoms with van der Waals surface area (Å²) < 4.78 is 27.2. The minimum atomic E-state index is -3.73. The first-order valence-corrected chi connectivity index (χ1v) is 8.90. The summed E-state index contributed by atoms with van der Waals surface area (Å²) >= 11 is 0. The summed E-state index contributed by atoms with van der Waals surface area (Å²) in [5.74, 6) is -1.40. The van der Waals surface area contributed by atoms with Gasteiger partial charge in [0.2, 0.25) is 10.0 Å². The zero-order valence-electron chi connectivity index (χ0n) is 12.6. The molecule has 0 atom stereocenters. The fraction of sp³-hybridized carbons (Fsp3) is 0.0556. The molecule has 0 aromatic heterocycles. The maximum absolute atomic E-state index is 12.4. The molecule has 0 bridgehead atoms. The van der Waals surface area contributed by atoms with E-state index < -0.39 is 16.0 Å². The van der Waals surface area contributed by atoms with E-state index in [1.54, 1.807) is 54.6 Å². The highest BCUT2D eigenvalue weighted by molar-refractivity contribution is 7.91. The van der Waals surface area contributed by atoms with Gasteiger partial charge in [-0.3, -0.25) is 4.72 Å². The molecule has 0 radical (unpaired) electrons. The molecule has 0 heterocycles. The lowest BCUT2D eigenvalue weighted by molar-refractivity contribution is 0.0698. The van der Waals surface area contributed by atoms with Gasteiger partial charge in [-0.05, 0) is 28.5 Å². The van der Waals surface area contributed by atoms with E-state index in [1.165, 1.54) is 6.07 Å². The number of carbonyl (C=O) groups is 1. The second-order valence-electron chi connectivity index (χ2n) is 5.40. The van der Waals surface area contributed by atoms with E-state index in [-0.39, 0.29) is 17.0 Å². The Bertz CT molecular complexity index is 998. The minimum absolute atomic E-state index is 0.0668. The standard InChI is InChI=1S/C18H15NO4S/c20-18(21)16-10-14-8-4-5-9-15(14)11-17(16)19-24(22,23)12-13-6-2-1-3-7-13/h1-11,19H,12H2,(H,20,21). The summed E-state index contributed by atoms with van der Waals surface area (Å²) in [7, 11) is -3.73. The van der Waals surface area contributed by atoms with Crippen molar-refractivity contribution in [1.82, 2.24) is 0 Å². The van der Waals surface area contributed by atoms with Crippen LogP contribution in [0.4, 0.5) is 5.69 Å². The number of carboxylic acids is 1. The summed E-state index contributed by atoms with van der Waals surface area (Å²) in [4.78, 5) is 11.5. The Morgan fingerprint density at radius 2 is 1.50 bits per heavy atom. The topological polar surface area (TPSA) is 83.5 Å². The molecule has 2 N–H and O–H groups in total. The van der Waals surface area contributed by atoms with Gasteiger partial charge in [-0.15, -0.1) is 0 Å². The van der Waals surface area contributed by atoms with E-state index in [1.807, 2.05) is 6.07 Å². The Hall–Kier alpha value is -2.86. The molecule has 6 heteroatoms. The van der Waals surface area contributed by atoms with Crippen molar-refractivity contribution in [3.8, 4) is 0 Å². The monoisotopic (exact) mass is 341 g/mol. The quantitative estimate of drug-likeness (QED) is 0.744. The smallest absolute Gasteiger partial charge is 0.337 e. The SMILES string of the molecule is O=C(O)c1cc2ccccc2cc1NS(=O)(=O)Cc1ccccc1. The number of hydrogen-bond acceptors (Lipinski definition) is 3. The van der Waals surface area contributed by atoms with E-state index >= 15 is 0 Å². The second kappa shape index (κ2) is 6.33. The lowest BCUT2D eigenvalue weighted by Crippen LogP contribution is -2.17. The lowest BCUT2D eigenvalue weighted by atomic mass is 10.1. The molecule has 0 saturated heterocycles. The van der Waals surface area contributed by atoms with E-state index in [9.17, 15) is 18.3 Å². The minimum Gasteiger partial charge on any atom is -0.478 e. The Kier molecular flexibility index (Phi) is 4.22. The molecule has 5 nitrogen and oxygen atoms in total. The first kappa shape index (κ1) is 16.0. The van der Waals surface area contributed by atoms with Crippen molar-refractivity contribution in [2.45, 2.75) is 5.75 Å². The van der Waals surface area contributed by atoms with E-state index in [2.05, 4.69) is 4.72 Å². The van der Waals surface area contributed by atoms with Gasteiger partial charge in [-0.2, -0.15) is 0 Å². The average molecular weight is 341 g/mol. The van der Waals surface area contributed by atoms with Crippen LogP contribution < -0.4 is 4.72 Å². The Morgan fingerprint density at radius 3 is 2.12 bits per heavy atom. The molecule has 0 aliphatic carbocycles. The van der Waals surface area contributed by atoms with Gasteiger partial charge in [-0.25, -0.2) is 13.2 Å². The summed E-state index contributed by atoms with van der Waals surface area (Å²) in [6.07, 6.45) is 0. The fourth-order valence-corrected chi connectivity index (χ4v) is 3.71. The van der Waals surface area contributed by atoms with Crippen molar-refractivity contribution < 1.29 is 18.3 Å². The number of hydrogen-bond donors (Lipinski definition) is 2. The van der Waals surface area contributed by atoms with Gasteiger partial charge in [0.05, 0.1) is 17.0 Å². The number of nitrogens with one attached hydrogen (secondary N) is 1. The largest absolute Gasteiger partial charge is 0.478 e. The summed E-state index contributed by atoms with van der Waals surface area (Å²) in [6, 6.07) is 18.9. The third-order valence-corrected chi connectivity index (χ3v) is 4.83. The number of rotatable bonds is 5. The Morgan fingerprint density at radius 1 is 0.917 bits per heavy atom. The first-order chi connectivity index (χ1) is 11.4. The third kappa shape index (κ3) is 3.55. The molecule has 122 valence electrons. The molecular formula is C18H15NO4S. The fourth-order valence-electron chi connectivity index (χ4n) is 2.50. The number of benzene rings is 3. The van der Waals surface area contributed by atoms with Crippen LogP contribution in [0.5, 0.6) is 0 Å². The molecule has 0 saturated carbocycles. The molecular weight excluding hydrogens is 326 g/mol. The summed E-state index contributed by atoms with van der Waals surface area (Å²) in [6.45, 7) is 0. The zero-order valence-corrected chi connectivity index (χ0v) is 13.5. The van der Waals surface area contributed by atoms with Crippen LogP contribution in [0.25, 0.3) is 10.8 Å². The number of anilines is 1. The van der Waals surface area contributed by atoms with Crippen molar-refractivity contribution in [1.29, 1.82) is 0 Å². The highest BCUT2D eigenvalue weighted by atomic mass is 32.2. The van der Waals surface area contributed by atoms with Crippen LogP contribution in [-0.2, 0) is 15.8 Å².